The molecule has 7 heteroatoms. The van der Waals surface area contributed by atoms with Crippen molar-refractivity contribution in [2.75, 3.05) is 31.1 Å². The summed E-state index contributed by atoms with van der Waals surface area (Å²) in [6.45, 7) is 4.78. The molecule has 0 radical (unpaired) electrons. The van der Waals surface area contributed by atoms with Crippen molar-refractivity contribution in [3.8, 4) is 11.9 Å². The zero-order chi connectivity index (χ0) is 18.5. The summed E-state index contributed by atoms with van der Waals surface area (Å²) in [4.78, 5) is 13.8. The fourth-order valence-corrected chi connectivity index (χ4v) is 3.31. The molecule has 1 fully saturated rings. The fourth-order valence-electron chi connectivity index (χ4n) is 3.31. The second-order valence-electron chi connectivity index (χ2n) is 6.61. The molecule has 2 aromatic heterocycles. The van der Waals surface area contributed by atoms with Gasteiger partial charge in [-0.05, 0) is 30.2 Å². The van der Waals surface area contributed by atoms with E-state index in [2.05, 4.69) is 26.0 Å². The monoisotopic (exact) mass is 359 g/mol. The topological polar surface area (TPSA) is 73.9 Å². The Bertz CT molecular complexity index is 912. The van der Waals surface area contributed by atoms with Crippen LogP contribution in [-0.2, 0) is 6.54 Å². The van der Waals surface area contributed by atoms with Crippen LogP contribution in [0.3, 0.4) is 0 Å². The highest BCUT2D eigenvalue weighted by Crippen LogP contribution is 2.16. The van der Waals surface area contributed by atoms with Crippen molar-refractivity contribution >= 4 is 5.82 Å². The van der Waals surface area contributed by atoms with Gasteiger partial charge in [-0.2, -0.15) is 10.4 Å². The first-order valence-electron chi connectivity index (χ1n) is 9.10. The third-order valence-electron chi connectivity index (χ3n) is 4.75. The van der Waals surface area contributed by atoms with Crippen molar-refractivity contribution in [3.63, 3.8) is 0 Å². The molecule has 0 amide bonds. The molecule has 0 aliphatic carbocycles. The first-order chi connectivity index (χ1) is 13.3. The summed E-state index contributed by atoms with van der Waals surface area (Å²) >= 11 is 0. The summed E-state index contributed by atoms with van der Waals surface area (Å²) < 4.78 is 1.73. The van der Waals surface area contributed by atoms with Crippen LogP contribution in [0.5, 0.6) is 0 Å². The first-order valence-corrected chi connectivity index (χ1v) is 9.10. The number of hydrogen-bond donors (Lipinski definition) is 0. The second kappa shape index (κ2) is 7.98. The first kappa shape index (κ1) is 17.2. The average molecular weight is 359 g/mol. The standard InChI is InChI=1S/C20H21N7/c21-13-17-3-5-18(6-4-17)16-25-8-2-9-26(12-11-25)19-14-22-15-20(24-19)27-10-1-7-23-27/h1,3-7,10,14-15H,2,8-9,11-12,16H2. The summed E-state index contributed by atoms with van der Waals surface area (Å²) in [6, 6.07) is 11.9. The minimum absolute atomic E-state index is 0.705. The minimum Gasteiger partial charge on any atom is -0.354 e. The fraction of sp³-hybridized carbons (Fsp3) is 0.300. The molecule has 0 bridgehead atoms. The van der Waals surface area contributed by atoms with Gasteiger partial charge in [0.25, 0.3) is 0 Å². The maximum Gasteiger partial charge on any atom is 0.173 e. The van der Waals surface area contributed by atoms with E-state index in [0.717, 1.165) is 50.8 Å². The number of aromatic nitrogens is 4. The van der Waals surface area contributed by atoms with Crippen LogP contribution in [-0.4, -0.2) is 50.8 Å². The maximum absolute atomic E-state index is 8.92. The zero-order valence-electron chi connectivity index (χ0n) is 15.1. The molecule has 0 spiro atoms. The third kappa shape index (κ3) is 4.13. The number of rotatable bonds is 4. The van der Waals surface area contributed by atoms with E-state index in [1.807, 2.05) is 42.7 Å². The van der Waals surface area contributed by atoms with Crippen LogP contribution in [0, 0.1) is 11.3 Å². The van der Waals surface area contributed by atoms with E-state index in [-0.39, 0.29) is 0 Å². The molecule has 0 saturated carbocycles. The number of hydrogen-bond acceptors (Lipinski definition) is 6. The van der Waals surface area contributed by atoms with Gasteiger partial charge in [0.15, 0.2) is 5.82 Å². The van der Waals surface area contributed by atoms with Crippen molar-refractivity contribution in [2.45, 2.75) is 13.0 Å². The molecule has 1 aliphatic rings. The Balaban J connectivity index is 1.41. The highest BCUT2D eigenvalue weighted by Gasteiger charge is 2.17. The van der Waals surface area contributed by atoms with Crippen LogP contribution in [0.1, 0.15) is 17.5 Å². The molecule has 1 saturated heterocycles. The minimum atomic E-state index is 0.705. The molecule has 1 aliphatic heterocycles. The van der Waals surface area contributed by atoms with Crippen LogP contribution < -0.4 is 4.90 Å². The van der Waals surface area contributed by atoms with Gasteiger partial charge in [-0.25, -0.2) is 9.67 Å². The normalized spacial score (nSPS) is 15.3. The van der Waals surface area contributed by atoms with Crippen molar-refractivity contribution in [3.05, 3.63) is 66.2 Å². The summed E-state index contributed by atoms with van der Waals surface area (Å²) in [5, 5.41) is 13.2. The summed E-state index contributed by atoms with van der Waals surface area (Å²) in [6.07, 6.45) is 8.23. The lowest BCUT2D eigenvalue weighted by atomic mass is 10.1. The Morgan fingerprint density at radius 1 is 1.00 bits per heavy atom. The third-order valence-corrected chi connectivity index (χ3v) is 4.75. The molecule has 1 aromatic carbocycles. The summed E-state index contributed by atoms with van der Waals surface area (Å²) in [5.41, 5.74) is 1.94. The molecular weight excluding hydrogens is 338 g/mol. The van der Waals surface area contributed by atoms with E-state index >= 15 is 0 Å². The SMILES string of the molecule is N#Cc1ccc(CN2CCCN(c3cncc(-n4cccn4)n3)CC2)cc1. The zero-order valence-corrected chi connectivity index (χ0v) is 15.1. The van der Waals surface area contributed by atoms with Gasteiger partial charge in [-0.3, -0.25) is 9.88 Å². The molecule has 4 rings (SSSR count). The van der Waals surface area contributed by atoms with E-state index < -0.39 is 0 Å². The van der Waals surface area contributed by atoms with Gasteiger partial charge >= 0.3 is 0 Å². The molecule has 3 aromatic rings. The van der Waals surface area contributed by atoms with Gasteiger partial charge in [0.2, 0.25) is 0 Å². The van der Waals surface area contributed by atoms with Crippen molar-refractivity contribution in [1.82, 2.24) is 24.6 Å². The Morgan fingerprint density at radius 2 is 1.85 bits per heavy atom. The van der Waals surface area contributed by atoms with E-state index in [1.54, 1.807) is 17.1 Å². The highest BCUT2D eigenvalue weighted by molar-refractivity contribution is 5.39. The smallest absolute Gasteiger partial charge is 0.173 e. The lowest BCUT2D eigenvalue weighted by molar-refractivity contribution is 0.285. The lowest BCUT2D eigenvalue weighted by Gasteiger charge is -2.22. The second-order valence-corrected chi connectivity index (χ2v) is 6.61. The quantitative estimate of drug-likeness (QED) is 0.711. The predicted octanol–water partition coefficient (Wildman–Crippen LogP) is 2.25. The molecule has 0 N–H and O–H groups in total. The molecule has 136 valence electrons. The summed E-state index contributed by atoms with van der Waals surface area (Å²) in [7, 11) is 0. The number of benzene rings is 1. The Morgan fingerprint density at radius 3 is 2.63 bits per heavy atom. The largest absolute Gasteiger partial charge is 0.354 e. The Kier molecular flexibility index (Phi) is 5.08. The van der Waals surface area contributed by atoms with Gasteiger partial charge in [-0.1, -0.05) is 12.1 Å². The van der Waals surface area contributed by atoms with Crippen LogP contribution in [0.2, 0.25) is 0 Å². The van der Waals surface area contributed by atoms with Crippen LogP contribution in [0.4, 0.5) is 5.82 Å². The number of nitrogens with zero attached hydrogens (tertiary/aromatic N) is 7. The Labute approximate surface area is 158 Å². The summed E-state index contributed by atoms with van der Waals surface area (Å²) in [5.74, 6) is 1.62. The lowest BCUT2D eigenvalue weighted by Crippen LogP contribution is -2.31. The van der Waals surface area contributed by atoms with E-state index in [0.29, 0.717) is 5.56 Å². The van der Waals surface area contributed by atoms with Crippen LogP contribution in [0.15, 0.2) is 55.1 Å². The average Bonchev–Trinajstić information content (AvgIpc) is 3.16. The van der Waals surface area contributed by atoms with E-state index in [9.17, 15) is 0 Å². The van der Waals surface area contributed by atoms with E-state index in [1.165, 1.54) is 5.56 Å². The maximum atomic E-state index is 8.92. The predicted molar refractivity (Wildman–Crippen MR) is 102 cm³/mol. The molecule has 27 heavy (non-hydrogen) atoms. The molecular formula is C20H21N7. The Hall–Kier alpha value is -3.24. The van der Waals surface area contributed by atoms with Gasteiger partial charge in [0, 0.05) is 45.1 Å². The van der Waals surface area contributed by atoms with Crippen molar-refractivity contribution in [1.29, 1.82) is 5.26 Å². The highest BCUT2D eigenvalue weighted by atomic mass is 15.3. The molecule has 0 atom stereocenters. The van der Waals surface area contributed by atoms with Crippen molar-refractivity contribution < 1.29 is 0 Å². The van der Waals surface area contributed by atoms with Gasteiger partial charge in [0.1, 0.15) is 5.82 Å². The van der Waals surface area contributed by atoms with E-state index in [4.69, 9.17) is 10.2 Å². The molecule has 7 nitrogen and oxygen atoms in total. The number of anilines is 1. The molecule has 3 heterocycles. The number of nitriles is 1. The van der Waals surface area contributed by atoms with Gasteiger partial charge in [-0.15, -0.1) is 0 Å². The molecule has 0 unspecified atom stereocenters. The van der Waals surface area contributed by atoms with Gasteiger partial charge < -0.3 is 4.90 Å². The van der Waals surface area contributed by atoms with Crippen LogP contribution in [0.25, 0.3) is 5.82 Å². The van der Waals surface area contributed by atoms with Crippen molar-refractivity contribution in [2.24, 2.45) is 0 Å². The van der Waals surface area contributed by atoms with Gasteiger partial charge in [0.05, 0.1) is 24.0 Å². The van der Waals surface area contributed by atoms with Crippen LogP contribution >= 0.6 is 0 Å².